The molecule has 0 saturated heterocycles. The summed E-state index contributed by atoms with van der Waals surface area (Å²) in [7, 11) is 0. The van der Waals surface area contributed by atoms with Gasteiger partial charge in [0.05, 0.1) is 2.74 Å². The third kappa shape index (κ3) is 3.73. The van der Waals surface area contributed by atoms with E-state index in [-0.39, 0.29) is 13.4 Å². The van der Waals surface area contributed by atoms with Crippen LogP contribution in [0.2, 0.25) is 0 Å². The van der Waals surface area contributed by atoms with E-state index in [0.29, 0.717) is 35.8 Å². The lowest BCUT2D eigenvalue weighted by molar-refractivity contribution is 0.866. The van der Waals surface area contributed by atoms with Gasteiger partial charge in [0.1, 0.15) is 0 Å². The molecule has 2 heteroatoms. The van der Waals surface area contributed by atoms with E-state index < -0.39 is 0 Å². The number of hydrogen-bond donors (Lipinski definition) is 0. The SMILES string of the molecule is [2H]c1cc2c3c(cc4c([2H])cc5c6c(cc1c3c46)B1c3ccc(C(C)C)cc3-c3cc(C(C)C)cc-5c31)B1c3ccc(C(C)C)cc3-c3cc(C(C)C)cc-2c31. The van der Waals surface area contributed by atoms with Crippen LogP contribution in [-0.4, -0.2) is 13.4 Å². The summed E-state index contributed by atoms with van der Waals surface area (Å²) in [5.41, 5.74) is 23.9. The highest BCUT2D eigenvalue weighted by Gasteiger charge is 2.44. The number of hydrogen-bond acceptors (Lipinski definition) is 0. The first-order chi connectivity index (χ1) is 26.9. The highest BCUT2D eigenvalue weighted by atomic mass is 14.3. The van der Waals surface area contributed by atoms with Crippen LogP contribution in [0, 0.1) is 0 Å². The highest BCUT2D eigenvalue weighted by Crippen LogP contribution is 2.47. The molecule has 54 heavy (non-hydrogen) atoms. The fraction of sp³-hybridized carbons (Fsp3) is 0.231. The van der Waals surface area contributed by atoms with Gasteiger partial charge in [-0.25, -0.2) is 0 Å². The maximum absolute atomic E-state index is 9.87. The van der Waals surface area contributed by atoms with E-state index in [0.717, 1.165) is 10.8 Å². The zero-order valence-corrected chi connectivity index (χ0v) is 32.5. The average molecular weight is 693 g/mol. The predicted octanol–water partition coefficient (Wildman–Crippen LogP) is 10.0. The van der Waals surface area contributed by atoms with Crippen LogP contribution in [0.3, 0.4) is 0 Å². The first-order valence-corrected chi connectivity index (χ1v) is 20.4. The Labute approximate surface area is 322 Å². The number of fused-ring (bicyclic) bond motifs is 10. The van der Waals surface area contributed by atoms with E-state index in [9.17, 15) is 2.74 Å². The van der Waals surface area contributed by atoms with Gasteiger partial charge in [-0.2, -0.15) is 0 Å². The lowest BCUT2D eigenvalue weighted by Crippen LogP contribution is -2.53. The second kappa shape index (κ2) is 10.4. The molecular weight excluding hydrogens is 646 g/mol. The summed E-state index contributed by atoms with van der Waals surface area (Å²) < 4.78 is 19.7. The number of rotatable bonds is 4. The third-order valence-corrected chi connectivity index (χ3v) is 14.0. The Bertz CT molecular complexity index is 2920. The lowest BCUT2D eigenvalue weighted by atomic mass is 9.34. The molecule has 4 heterocycles. The second-order valence-corrected chi connectivity index (χ2v) is 18.2. The zero-order valence-electron chi connectivity index (χ0n) is 34.5. The van der Waals surface area contributed by atoms with Crippen molar-refractivity contribution in [2.45, 2.75) is 79.1 Å². The molecule has 8 aromatic rings. The van der Waals surface area contributed by atoms with Gasteiger partial charge in [-0.1, -0.05) is 185 Å². The minimum atomic E-state index is 0.0910. The van der Waals surface area contributed by atoms with Crippen LogP contribution in [0.15, 0.2) is 97.0 Å². The van der Waals surface area contributed by atoms with E-state index in [2.05, 4.69) is 140 Å². The summed E-state index contributed by atoms with van der Waals surface area (Å²) in [5, 5.41) is 6.96. The van der Waals surface area contributed by atoms with E-state index >= 15 is 0 Å². The molecule has 0 aromatic heterocycles. The predicted molar refractivity (Wildman–Crippen MR) is 238 cm³/mol. The Morgan fingerprint density at radius 1 is 0.352 bits per heavy atom. The van der Waals surface area contributed by atoms with Crippen LogP contribution >= 0.6 is 0 Å². The Morgan fingerprint density at radius 2 is 0.704 bits per heavy atom. The smallest absolute Gasteiger partial charge is 0.0661 e. The van der Waals surface area contributed by atoms with Crippen molar-refractivity contribution < 1.29 is 2.74 Å². The van der Waals surface area contributed by atoms with Crippen LogP contribution in [0.1, 0.15) is 104 Å². The molecule has 8 aromatic carbocycles. The van der Waals surface area contributed by atoms with Crippen molar-refractivity contribution in [3.8, 4) is 44.5 Å². The molecule has 258 valence electrons. The summed E-state index contributed by atoms with van der Waals surface area (Å²) in [5.74, 6) is 1.64. The largest absolute Gasteiger partial charge is 0.244 e. The molecule has 0 fully saturated rings. The van der Waals surface area contributed by atoms with Crippen molar-refractivity contribution in [3.05, 3.63) is 119 Å². The first-order valence-electron chi connectivity index (χ1n) is 21.4. The minimum Gasteiger partial charge on any atom is -0.0661 e. The molecule has 0 atom stereocenters. The van der Waals surface area contributed by atoms with Gasteiger partial charge in [-0.05, 0) is 123 Å². The van der Waals surface area contributed by atoms with E-state index in [4.69, 9.17) is 0 Å². The van der Waals surface area contributed by atoms with Crippen molar-refractivity contribution in [3.63, 3.8) is 0 Å². The Morgan fingerprint density at radius 3 is 1.07 bits per heavy atom. The summed E-state index contributed by atoms with van der Waals surface area (Å²) in [6.07, 6.45) is 0. The van der Waals surface area contributed by atoms with Gasteiger partial charge < -0.3 is 0 Å². The summed E-state index contributed by atoms with van der Waals surface area (Å²) in [6.45, 7) is 18.5. The van der Waals surface area contributed by atoms with Crippen LogP contribution in [0.25, 0.3) is 76.8 Å². The van der Waals surface area contributed by atoms with Crippen LogP contribution < -0.4 is 32.8 Å². The van der Waals surface area contributed by atoms with E-state index in [1.165, 1.54) is 121 Å². The zero-order chi connectivity index (χ0) is 38.4. The van der Waals surface area contributed by atoms with Gasteiger partial charge in [-0.15, -0.1) is 0 Å². The third-order valence-electron chi connectivity index (χ3n) is 14.0. The average Bonchev–Trinajstić information content (AvgIpc) is 3.69. The molecule has 0 nitrogen and oxygen atoms in total. The molecule has 0 aliphatic carbocycles. The second-order valence-electron chi connectivity index (χ2n) is 18.2. The molecule has 0 bridgehead atoms. The fourth-order valence-corrected chi connectivity index (χ4v) is 11.1. The molecule has 12 rings (SSSR count). The lowest BCUT2D eigenvalue weighted by Gasteiger charge is -2.31. The minimum absolute atomic E-state index is 0.0910. The van der Waals surface area contributed by atoms with Crippen molar-refractivity contribution in [1.82, 2.24) is 0 Å². The van der Waals surface area contributed by atoms with Crippen LogP contribution in [0.5, 0.6) is 0 Å². The normalized spacial score (nSPS) is 14.7. The molecule has 0 amide bonds. The van der Waals surface area contributed by atoms with Gasteiger partial charge in [0.2, 0.25) is 13.4 Å². The molecule has 0 spiro atoms. The molecule has 0 unspecified atom stereocenters. The molecule has 0 N–H and O–H groups in total. The van der Waals surface area contributed by atoms with E-state index in [1.54, 1.807) is 0 Å². The van der Waals surface area contributed by atoms with Crippen LogP contribution in [-0.2, 0) is 0 Å². The summed E-state index contributed by atoms with van der Waals surface area (Å²) >= 11 is 0. The molecule has 0 saturated carbocycles. The molecule has 4 aliphatic rings. The Balaban J connectivity index is 1.25. The van der Waals surface area contributed by atoms with Crippen molar-refractivity contribution >= 4 is 78.5 Å². The van der Waals surface area contributed by atoms with Crippen molar-refractivity contribution in [1.29, 1.82) is 0 Å². The Hall–Kier alpha value is -5.07. The van der Waals surface area contributed by atoms with Crippen molar-refractivity contribution in [2.24, 2.45) is 0 Å². The first kappa shape index (κ1) is 29.3. The number of benzene rings is 8. The van der Waals surface area contributed by atoms with Gasteiger partial charge in [0.15, 0.2) is 0 Å². The molecular formula is C52H44B2. The van der Waals surface area contributed by atoms with E-state index in [1.807, 2.05) is 0 Å². The molecule has 0 radical (unpaired) electrons. The van der Waals surface area contributed by atoms with Gasteiger partial charge in [0.25, 0.3) is 0 Å². The maximum Gasteiger partial charge on any atom is 0.244 e. The maximum atomic E-state index is 9.87. The van der Waals surface area contributed by atoms with Crippen LogP contribution in [0.4, 0.5) is 0 Å². The van der Waals surface area contributed by atoms with Gasteiger partial charge >= 0.3 is 0 Å². The van der Waals surface area contributed by atoms with Gasteiger partial charge in [0, 0.05) is 0 Å². The topological polar surface area (TPSA) is 0 Å². The summed E-state index contributed by atoms with van der Waals surface area (Å²) in [6, 6.07) is 34.5. The van der Waals surface area contributed by atoms with Gasteiger partial charge in [-0.3, -0.25) is 0 Å². The molecule has 4 aliphatic heterocycles. The Kier molecular flexibility index (Phi) is 5.62. The monoisotopic (exact) mass is 692 g/mol. The standard InChI is InChI=1S/C52H44B2/c1-25(2)29-11-15-43-37(17-29)41-21-33(27(5)6)19-39-35-13-9-32-24-46-50-36(14-10-31-23-45(53(43)51(39)41)49(35)47(32)48(31)50)40-20-34(28(7)8)22-42-38-18-30(26(3)4)12-16-44(38)54(46)52(40)42/h9-28H,1-8H3/i9D,10D. The summed E-state index contributed by atoms with van der Waals surface area (Å²) in [4.78, 5) is 0. The quantitative estimate of drug-likeness (QED) is 0.127. The highest BCUT2D eigenvalue weighted by molar-refractivity contribution is 7.03. The fourth-order valence-electron chi connectivity index (χ4n) is 11.1. The van der Waals surface area contributed by atoms with Crippen molar-refractivity contribution in [2.75, 3.05) is 0 Å².